The van der Waals surface area contributed by atoms with Gasteiger partial charge in [0, 0.05) is 0 Å². The largest absolute Gasteiger partial charge is 0.744 e. The minimum atomic E-state index is -3.37. The summed E-state index contributed by atoms with van der Waals surface area (Å²) in [5.74, 6) is 0. The predicted molar refractivity (Wildman–Crippen MR) is 8.29 cm³/mol. The fourth-order valence-electron chi connectivity index (χ4n) is 0. The van der Waals surface area contributed by atoms with Crippen molar-refractivity contribution in [3.8, 4) is 0 Å². The van der Waals surface area contributed by atoms with Crippen molar-refractivity contribution in [1.82, 2.24) is 0 Å². The molecule has 0 aliphatic heterocycles. The third-order valence-electron chi connectivity index (χ3n) is 0. The average molecular weight is 79.0 g/mol. The monoisotopic (exact) mass is 79.0 g/mol. The molecule has 0 bridgehead atoms. The molecule has 4 heteroatoms. The van der Waals surface area contributed by atoms with Gasteiger partial charge in [0.25, 0.3) is 0 Å². The van der Waals surface area contributed by atoms with Crippen molar-refractivity contribution >= 4 is 7.91 Å². The van der Waals surface area contributed by atoms with E-state index in [-0.39, 0.29) is 0 Å². The zero-order valence-electron chi connectivity index (χ0n) is 1.67. The van der Waals surface area contributed by atoms with Crippen molar-refractivity contribution < 1.29 is 14.0 Å². The molecule has 3 nitrogen and oxygen atoms in total. The van der Waals surface area contributed by atoms with Crippen LogP contribution in [0.3, 0.4) is 0 Å². The van der Waals surface area contributed by atoms with Gasteiger partial charge in [-0.2, -0.15) is 0 Å². The molecule has 0 aromatic rings. The van der Waals surface area contributed by atoms with Crippen LogP contribution in [-0.4, -0.2) is 0 Å². The molecule has 0 spiro atoms. The first-order valence-corrected chi connectivity index (χ1v) is 1.64. The molecule has 0 radical (unpaired) electrons. The topological polar surface area (TPSA) is 57.2 Å². The second kappa shape index (κ2) is 1.21. The molecule has 0 saturated carbocycles. The SMILES string of the molecule is O=P(=O)[O-]. The molecule has 0 heterocycles. The van der Waals surface area contributed by atoms with Gasteiger partial charge in [-0.15, -0.1) is 0 Å². The van der Waals surface area contributed by atoms with Gasteiger partial charge in [0.2, 0.25) is 7.91 Å². The van der Waals surface area contributed by atoms with Crippen LogP contribution in [0, 0.1) is 0 Å². The Balaban J connectivity index is 3.51. The molecule has 24 valence electrons. The molecule has 0 aliphatic carbocycles. The summed E-state index contributed by atoms with van der Waals surface area (Å²) in [6.07, 6.45) is 0. The normalized spacial score (nSPS) is 6.25. The molecule has 0 aromatic heterocycles. The number of rotatable bonds is 0. The Bertz CT molecular complexity index is 51.7. The Morgan fingerprint density at radius 1 is 1.50 bits per heavy atom. The Hall–Kier alpha value is -0.140. The van der Waals surface area contributed by atoms with Crippen LogP contribution in [0.5, 0.6) is 0 Å². The molecule has 0 amide bonds. The van der Waals surface area contributed by atoms with E-state index < -0.39 is 7.91 Å². The lowest BCUT2D eigenvalue weighted by molar-refractivity contribution is -0.168. The van der Waals surface area contributed by atoms with E-state index in [1.807, 2.05) is 0 Å². The van der Waals surface area contributed by atoms with Crippen molar-refractivity contribution in [2.24, 2.45) is 0 Å². The van der Waals surface area contributed by atoms with Gasteiger partial charge in [-0.3, -0.25) is 9.13 Å². The van der Waals surface area contributed by atoms with Gasteiger partial charge in [-0.1, -0.05) is 0 Å². The Morgan fingerprint density at radius 3 is 1.50 bits per heavy atom. The lowest BCUT2D eigenvalue weighted by Crippen LogP contribution is -1.70. The van der Waals surface area contributed by atoms with Crippen LogP contribution in [0.4, 0.5) is 0 Å². The lowest BCUT2D eigenvalue weighted by atomic mass is 15.9. The van der Waals surface area contributed by atoms with E-state index in [0.29, 0.717) is 0 Å². The van der Waals surface area contributed by atoms with E-state index >= 15 is 0 Å². The summed E-state index contributed by atoms with van der Waals surface area (Å²) in [4.78, 5) is 8.48. The van der Waals surface area contributed by atoms with E-state index in [4.69, 9.17) is 14.0 Å². The third kappa shape index (κ3) is 70.2. The first-order chi connectivity index (χ1) is 1.73. The zero-order valence-corrected chi connectivity index (χ0v) is 2.57. The maximum Gasteiger partial charge on any atom is 0.250 e. The van der Waals surface area contributed by atoms with E-state index in [0.717, 1.165) is 0 Å². The van der Waals surface area contributed by atoms with E-state index in [2.05, 4.69) is 0 Å². The van der Waals surface area contributed by atoms with Crippen LogP contribution in [0.15, 0.2) is 0 Å². The molecule has 0 aliphatic rings. The molecular weight excluding hydrogens is 79.0 g/mol. The highest BCUT2D eigenvalue weighted by molar-refractivity contribution is 7.21. The minimum Gasteiger partial charge on any atom is -0.744 e. The summed E-state index contributed by atoms with van der Waals surface area (Å²) in [7, 11) is -3.37. The molecular formula is O3P-. The summed E-state index contributed by atoms with van der Waals surface area (Å²) in [5, 5.41) is 0. The van der Waals surface area contributed by atoms with E-state index in [9.17, 15) is 0 Å². The summed E-state index contributed by atoms with van der Waals surface area (Å²) in [6.45, 7) is 0. The molecule has 0 fully saturated rings. The summed E-state index contributed by atoms with van der Waals surface area (Å²) < 4.78 is 17.0. The molecule has 4 heavy (non-hydrogen) atoms. The predicted octanol–water partition coefficient (Wildman–Crippen LogP) is -0.565. The number of hydrogen-bond donors (Lipinski definition) is 0. The van der Waals surface area contributed by atoms with Crippen LogP contribution in [0.1, 0.15) is 0 Å². The van der Waals surface area contributed by atoms with Crippen molar-refractivity contribution in [2.45, 2.75) is 0 Å². The molecule has 0 aromatic carbocycles. The summed E-state index contributed by atoms with van der Waals surface area (Å²) >= 11 is 0. The van der Waals surface area contributed by atoms with Crippen LogP contribution < -0.4 is 4.89 Å². The van der Waals surface area contributed by atoms with Crippen molar-refractivity contribution in [3.05, 3.63) is 0 Å². The van der Waals surface area contributed by atoms with Crippen molar-refractivity contribution in [3.63, 3.8) is 0 Å². The quantitative estimate of drug-likeness (QED) is 0.365. The third-order valence-corrected chi connectivity index (χ3v) is 0. The summed E-state index contributed by atoms with van der Waals surface area (Å²) in [6, 6.07) is 0. The first-order valence-electron chi connectivity index (χ1n) is 0.548. The average Bonchev–Trinajstić information content (AvgIpc) is 0.811. The van der Waals surface area contributed by atoms with E-state index in [1.54, 1.807) is 0 Å². The van der Waals surface area contributed by atoms with Gasteiger partial charge in [0.15, 0.2) is 0 Å². The summed E-state index contributed by atoms with van der Waals surface area (Å²) in [5.41, 5.74) is 0. The molecule has 0 saturated heterocycles. The van der Waals surface area contributed by atoms with E-state index in [1.165, 1.54) is 0 Å². The Labute approximate surface area is 23.2 Å². The van der Waals surface area contributed by atoms with Crippen molar-refractivity contribution in [1.29, 1.82) is 0 Å². The van der Waals surface area contributed by atoms with Gasteiger partial charge in [0.1, 0.15) is 0 Å². The van der Waals surface area contributed by atoms with Gasteiger partial charge in [-0.05, 0) is 0 Å². The van der Waals surface area contributed by atoms with Gasteiger partial charge >= 0.3 is 0 Å². The maximum absolute atomic E-state index is 8.48. The smallest absolute Gasteiger partial charge is 0.250 e. The van der Waals surface area contributed by atoms with Crippen LogP contribution >= 0.6 is 7.91 Å². The molecule has 0 rings (SSSR count). The van der Waals surface area contributed by atoms with Gasteiger partial charge in [0.05, 0.1) is 0 Å². The highest BCUT2D eigenvalue weighted by Crippen LogP contribution is 1.74. The first kappa shape index (κ1) is 3.86. The Morgan fingerprint density at radius 2 is 1.50 bits per heavy atom. The zero-order chi connectivity index (χ0) is 3.58. The second-order valence-corrected chi connectivity index (χ2v) is 0.671. The van der Waals surface area contributed by atoms with Gasteiger partial charge in [-0.25, -0.2) is 0 Å². The molecule has 0 atom stereocenters. The minimum absolute atomic E-state index is 3.37. The Kier molecular flexibility index (Phi) is 1.17. The highest BCUT2D eigenvalue weighted by atomic mass is 31.1. The molecule has 0 N–H and O–H groups in total. The number of hydrogen-bond acceptors (Lipinski definition) is 3. The fourth-order valence-corrected chi connectivity index (χ4v) is 0. The fraction of sp³-hybridized carbons (Fsp3) is 0. The molecule has 0 unspecified atom stereocenters. The maximum atomic E-state index is 8.48. The second-order valence-electron chi connectivity index (χ2n) is 0.224. The van der Waals surface area contributed by atoms with Gasteiger partial charge < -0.3 is 4.89 Å². The van der Waals surface area contributed by atoms with Crippen molar-refractivity contribution in [2.75, 3.05) is 0 Å². The van der Waals surface area contributed by atoms with Crippen LogP contribution in [0.2, 0.25) is 0 Å². The lowest BCUT2D eigenvalue weighted by Gasteiger charge is -1.62. The van der Waals surface area contributed by atoms with Crippen LogP contribution in [-0.2, 0) is 9.13 Å². The highest BCUT2D eigenvalue weighted by Gasteiger charge is 1.35. The van der Waals surface area contributed by atoms with Crippen LogP contribution in [0.25, 0.3) is 0 Å². The standard InChI is InChI=1S/HO3P/c1-4(2)3/h(H,1,2,3)/p-1.